The molecule has 0 aliphatic heterocycles. The first kappa shape index (κ1) is 18.0. The van der Waals surface area contributed by atoms with E-state index in [2.05, 4.69) is 15.9 Å². The second-order valence-electron chi connectivity index (χ2n) is 4.59. The Morgan fingerprint density at radius 2 is 2.05 bits per heavy atom. The van der Waals surface area contributed by atoms with Gasteiger partial charge in [0.05, 0.1) is 23.8 Å². The van der Waals surface area contributed by atoms with Gasteiger partial charge in [-0.25, -0.2) is 0 Å². The standard InChI is InChI=1S/C14H17BrF3NO2/c1-4-19(9(2)8-21-3)13(20)11-7-10(14(16,17)18)5-6-12(11)15/h5-7,9H,4,8H2,1-3H3. The summed E-state index contributed by atoms with van der Waals surface area (Å²) in [5.41, 5.74) is -0.848. The highest BCUT2D eigenvalue weighted by atomic mass is 79.9. The van der Waals surface area contributed by atoms with E-state index in [1.165, 1.54) is 18.1 Å². The van der Waals surface area contributed by atoms with Crippen molar-refractivity contribution < 1.29 is 22.7 Å². The quantitative estimate of drug-likeness (QED) is 0.787. The number of benzene rings is 1. The number of rotatable bonds is 5. The number of methoxy groups -OCH3 is 1. The van der Waals surface area contributed by atoms with Crippen LogP contribution in [0, 0.1) is 0 Å². The van der Waals surface area contributed by atoms with Crippen LogP contribution in [0.4, 0.5) is 13.2 Å². The molecule has 0 aliphatic carbocycles. The van der Waals surface area contributed by atoms with Crippen LogP contribution in [0.25, 0.3) is 0 Å². The Morgan fingerprint density at radius 3 is 2.52 bits per heavy atom. The minimum Gasteiger partial charge on any atom is -0.383 e. The van der Waals surface area contributed by atoms with E-state index in [1.54, 1.807) is 13.8 Å². The molecule has 118 valence electrons. The van der Waals surface area contributed by atoms with Crippen LogP contribution < -0.4 is 0 Å². The normalized spacial score (nSPS) is 13.1. The maximum absolute atomic E-state index is 12.8. The lowest BCUT2D eigenvalue weighted by atomic mass is 10.1. The summed E-state index contributed by atoms with van der Waals surface area (Å²) in [5, 5.41) is 0. The largest absolute Gasteiger partial charge is 0.416 e. The molecule has 0 spiro atoms. The van der Waals surface area contributed by atoms with Gasteiger partial charge in [0.25, 0.3) is 5.91 Å². The Balaban J connectivity index is 3.16. The summed E-state index contributed by atoms with van der Waals surface area (Å²) >= 11 is 3.14. The third kappa shape index (κ3) is 4.44. The smallest absolute Gasteiger partial charge is 0.383 e. The topological polar surface area (TPSA) is 29.5 Å². The highest BCUT2D eigenvalue weighted by Gasteiger charge is 2.32. The molecule has 1 amide bonds. The predicted octanol–water partition coefficient (Wildman–Crippen LogP) is 3.96. The Hall–Kier alpha value is -1.08. The molecule has 1 aromatic carbocycles. The van der Waals surface area contributed by atoms with Crippen LogP contribution in [-0.2, 0) is 10.9 Å². The van der Waals surface area contributed by atoms with Crippen molar-refractivity contribution in [1.82, 2.24) is 4.90 Å². The number of amides is 1. The molecule has 0 saturated heterocycles. The number of alkyl halides is 3. The number of likely N-dealkylation sites (N-methyl/N-ethyl adjacent to an activating group) is 1. The molecule has 0 radical (unpaired) electrons. The maximum atomic E-state index is 12.8. The Bertz CT molecular complexity index is 505. The summed E-state index contributed by atoms with van der Waals surface area (Å²) in [7, 11) is 1.51. The molecular weight excluding hydrogens is 351 g/mol. The van der Waals surface area contributed by atoms with E-state index in [0.717, 1.165) is 12.1 Å². The predicted molar refractivity (Wildman–Crippen MR) is 77.2 cm³/mol. The zero-order valence-electron chi connectivity index (χ0n) is 12.0. The van der Waals surface area contributed by atoms with Crippen molar-refractivity contribution >= 4 is 21.8 Å². The van der Waals surface area contributed by atoms with E-state index in [0.29, 0.717) is 17.6 Å². The van der Waals surface area contributed by atoms with Gasteiger partial charge < -0.3 is 9.64 Å². The molecule has 21 heavy (non-hydrogen) atoms. The summed E-state index contributed by atoms with van der Waals surface area (Å²) in [4.78, 5) is 13.9. The highest BCUT2D eigenvalue weighted by molar-refractivity contribution is 9.10. The number of carbonyl (C=O) groups excluding carboxylic acids is 1. The second-order valence-corrected chi connectivity index (χ2v) is 5.44. The number of ether oxygens (including phenoxy) is 1. The van der Waals surface area contributed by atoms with E-state index in [4.69, 9.17) is 4.74 Å². The van der Waals surface area contributed by atoms with Gasteiger partial charge in [-0.2, -0.15) is 13.2 Å². The van der Waals surface area contributed by atoms with Gasteiger partial charge in [-0.05, 0) is 48.0 Å². The summed E-state index contributed by atoms with van der Waals surface area (Å²) < 4.78 is 43.6. The van der Waals surface area contributed by atoms with Crippen LogP contribution in [0.2, 0.25) is 0 Å². The van der Waals surface area contributed by atoms with E-state index < -0.39 is 17.6 Å². The second kappa shape index (κ2) is 7.26. The van der Waals surface area contributed by atoms with Crippen molar-refractivity contribution in [3.05, 3.63) is 33.8 Å². The van der Waals surface area contributed by atoms with Crippen LogP contribution >= 0.6 is 15.9 Å². The van der Waals surface area contributed by atoms with Gasteiger partial charge in [-0.1, -0.05) is 0 Å². The Morgan fingerprint density at radius 1 is 1.43 bits per heavy atom. The van der Waals surface area contributed by atoms with Crippen molar-refractivity contribution in [2.45, 2.75) is 26.1 Å². The van der Waals surface area contributed by atoms with E-state index in [1.807, 2.05) is 0 Å². The fraction of sp³-hybridized carbons (Fsp3) is 0.500. The number of hydrogen-bond donors (Lipinski definition) is 0. The number of nitrogens with zero attached hydrogens (tertiary/aromatic N) is 1. The molecule has 0 bridgehead atoms. The summed E-state index contributed by atoms with van der Waals surface area (Å²) in [5.74, 6) is -0.458. The lowest BCUT2D eigenvalue weighted by molar-refractivity contribution is -0.137. The fourth-order valence-electron chi connectivity index (χ4n) is 2.01. The van der Waals surface area contributed by atoms with Crippen LogP contribution in [0.15, 0.2) is 22.7 Å². The van der Waals surface area contributed by atoms with E-state index >= 15 is 0 Å². The molecule has 0 N–H and O–H groups in total. The molecule has 0 heterocycles. The number of hydrogen-bond acceptors (Lipinski definition) is 2. The Kier molecular flexibility index (Phi) is 6.22. The number of halogens is 4. The molecule has 3 nitrogen and oxygen atoms in total. The fourth-order valence-corrected chi connectivity index (χ4v) is 2.42. The van der Waals surface area contributed by atoms with Gasteiger partial charge in [0.1, 0.15) is 0 Å². The molecule has 0 aromatic heterocycles. The third-order valence-corrected chi connectivity index (χ3v) is 3.76. The monoisotopic (exact) mass is 367 g/mol. The van der Waals surface area contributed by atoms with Crippen LogP contribution in [0.3, 0.4) is 0 Å². The zero-order valence-corrected chi connectivity index (χ0v) is 13.6. The minimum atomic E-state index is -4.48. The first-order valence-electron chi connectivity index (χ1n) is 6.39. The molecule has 0 saturated carbocycles. The first-order valence-corrected chi connectivity index (χ1v) is 7.18. The van der Waals surface area contributed by atoms with Gasteiger partial charge in [0.15, 0.2) is 0 Å². The van der Waals surface area contributed by atoms with E-state index in [-0.39, 0.29) is 11.6 Å². The molecule has 1 atom stereocenters. The molecule has 0 aliphatic rings. The van der Waals surface area contributed by atoms with Crippen LogP contribution in [0.1, 0.15) is 29.8 Å². The van der Waals surface area contributed by atoms with Gasteiger partial charge in [-0.15, -0.1) is 0 Å². The molecule has 1 unspecified atom stereocenters. The summed E-state index contributed by atoms with van der Waals surface area (Å²) in [6, 6.07) is 2.82. The van der Waals surface area contributed by atoms with Crippen molar-refractivity contribution in [2.24, 2.45) is 0 Å². The number of carbonyl (C=O) groups is 1. The van der Waals surface area contributed by atoms with Crippen molar-refractivity contribution in [3.63, 3.8) is 0 Å². The average molecular weight is 368 g/mol. The lowest BCUT2D eigenvalue weighted by Gasteiger charge is -2.28. The molecular formula is C14H17BrF3NO2. The van der Waals surface area contributed by atoms with Gasteiger partial charge >= 0.3 is 6.18 Å². The van der Waals surface area contributed by atoms with Crippen molar-refractivity contribution in [3.8, 4) is 0 Å². The first-order chi connectivity index (χ1) is 9.72. The van der Waals surface area contributed by atoms with E-state index in [9.17, 15) is 18.0 Å². The van der Waals surface area contributed by atoms with Crippen molar-refractivity contribution in [1.29, 1.82) is 0 Å². The maximum Gasteiger partial charge on any atom is 0.416 e. The van der Waals surface area contributed by atoms with Gasteiger partial charge in [0.2, 0.25) is 0 Å². The highest BCUT2D eigenvalue weighted by Crippen LogP contribution is 2.32. The summed E-state index contributed by atoms with van der Waals surface area (Å²) in [6.07, 6.45) is -4.48. The zero-order chi connectivity index (χ0) is 16.2. The minimum absolute atomic E-state index is 0.00497. The molecule has 1 aromatic rings. The lowest BCUT2D eigenvalue weighted by Crippen LogP contribution is -2.41. The third-order valence-electron chi connectivity index (χ3n) is 3.07. The van der Waals surface area contributed by atoms with Gasteiger partial charge in [-0.3, -0.25) is 4.79 Å². The van der Waals surface area contributed by atoms with Gasteiger partial charge in [0, 0.05) is 18.1 Å². The average Bonchev–Trinajstić information content (AvgIpc) is 2.38. The summed E-state index contributed by atoms with van der Waals surface area (Å²) in [6.45, 7) is 4.25. The molecule has 7 heteroatoms. The van der Waals surface area contributed by atoms with Crippen LogP contribution in [-0.4, -0.2) is 37.1 Å². The SMILES string of the molecule is CCN(C(=O)c1cc(C(F)(F)F)ccc1Br)C(C)COC. The van der Waals surface area contributed by atoms with Crippen molar-refractivity contribution in [2.75, 3.05) is 20.3 Å². The van der Waals surface area contributed by atoms with Crippen LogP contribution in [0.5, 0.6) is 0 Å². The Labute approximate surface area is 130 Å². The molecule has 0 fully saturated rings. The molecule has 1 rings (SSSR count).